The Morgan fingerprint density at radius 1 is 1.07 bits per heavy atom. The number of allylic oxidation sites excluding steroid dienone is 4. The van der Waals surface area contributed by atoms with Crippen LogP contribution in [0, 0.1) is 11.7 Å². The highest BCUT2D eigenvalue weighted by molar-refractivity contribution is 5.97. The number of H-pyrrole nitrogens is 2. The van der Waals surface area contributed by atoms with Crippen LogP contribution >= 0.6 is 0 Å². The average molecular weight is 555 g/mol. The summed E-state index contributed by atoms with van der Waals surface area (Å²) in [6.45, 7) is 7.64. The van der Waals surface area contributed by atoms with Gasteiger partial charge in [-0.25, -0.2) is 9.37 Å². The van der Waals surface area contributed by atoms with Gasteiger partial charge in [0.05, 0.1) is 40.7 Å². The topological polar surface area (TPSA) is 98.4 Å². The molecule has 0 amide bonds. The first kappa shape index (κ1) is 27.3. The zero-order chi connectivity index (χ0) is 28.2. The van der Waals surface area contributed by atoms with E-state index < -0.39 is 5.82 Å². The normalized spacial score (nSPS) is 17.6. The summed E-state index contributed by atoms with van der Waals surface area (Å²) in [6.07, 6.45) is 22.2. The van der Waals surface area contributed by atoms with Crippen LogP contribution in [-0.2, 0) is 0 Å². The molecule has 8 nitrogen and oxygen atoms in total. The fourth-order valence-corrected chi connectivity index (χ4v) is 6.24. The summed E-state index contributed by atoms with van der Waals surface area (Å²) >= 11 is 0. The quantitative estimate of drug-likeness (QED) is 0.199. The molecule has 4 aromatic heterocycles. The zero-order valence-corrected chi connectivity index (χ0v) is 24.0. The van der Waals surface area contributed by atoms with Gasteiger partial charge in [0.2, 0.25) is 0 Å². The Labute approximate surface area is 240 Å². The van der Waals surface area contributed by atoms with Gasteiger partial charge in [0.1, 0.15) is 16.9 Å². The van der Waals surface area contributed by atoms with E-state index in [-0.39, 0.29) is 0 Å². The van der Waals surface area contributed by atoms with E-state index in [1.54, 1.807) is 12.4 Å². The third-order valence-corrected chi connectivity index (χ3v) is 8.38. The lowest BCUT2D eigenvalue weighted by Gasteiger charge is -2.28. The lowest BCUT2D eigenvalue weighted by molar-refractivity contribution is 0.503. The number of aromatic nitrogens is 6. The maximum Gasteiger partial charge on any atom is 0.161 e. The number of hydrogen-bond donors (Lipinski definition) is 3. The number of rotatable bonds is 9. The number of aromatic amines is 2. The van der Waals surface area contributed by atoms with Gasteiger partial charge in [0.15, 0.2) is 11.6 Å². The van der Waals surface area contributed by atoms with E-state index in [2.05, 4.69) is 41.4 Å². The highest BCUT2D eigenvalue weighted by Crippen LogP contribution is 2.34. The van der Waals surface area contributed by atoms with Crippen LogP contribution in [0.25, 0.3) is 39.0 Å². The van der Waals surface area contributed by atoms with Crippen molar-refractivity contribution >= 4 is 33.2 Å². The first-order chi connectivity index (χ1) is 20.2. The van der Waals surface area contributed by atoms with Gasteiger partial charge in [0, 0.05) is 19.6 Å². The van der Waals surface area contributed by atoms with Crippen LogP contribution in [0.4, 0.5) is 10.1 Å². The van der Waals surface area contributed by atoms with Gasteiger partial charge < -0.3 is 15.2 Å². The first-order valence-electron chi connectivity index (χ1n) is 15.0. The number of anilines is 1. The van der Waals surface area contributed by atoms with Crippen LogP contribution in [0.15, 0.2) is 48.5 Å². The van der Waals surface area contributed by atoms with Crippen molar-refractivity contribution in [3.8, 4) is 11.5 Å². The number of nitrogens with one attached hydrogen (secondary N) is 3. The van der Waals surface area contributed by atoms with E-state index in [1.807, 2.05) is 38.3 Å². The van der Waals surface area contributed by atoms with E-state index >= 15 is 4.39 Å². The van der Waals surface area contributed by atoms with Crippen molar-refractivity contribution in [2.75, 3.05) is 31.1 Å². The molecular weight excluding hydrogens is 515 g/mol. The molecule has 0 bridgehead atoms. The summed E-state index contributed by atoms with van der Waals surface area (Å²) in [5.74, 6) is 0.857. The van der Waals surface area contributed by atoms with Crippen LogP contribution < -0.4 is 10.2 Å². The Morgan fingerprint density at radius 2 is 1.90 bits per heavy atom. The minimum atomic E-state index is -0.413. The molecule has 1 aliphatic heterocycles. The summed E-state index contributed by atoms with van der Waals surface area (Å²) in [6, 6.07) is 0. The molecule has 214 valence electrons. The van der Waals surface area contributed by atoms with E-state index in [1.165, 1.54) is 32.1 Å². The van der Waals surface area contributed by atoms with Crippen molar-refractivity contribution in [3.63, 3.8) is 0 Å². The largest absolute Gasteiger partial charge is 0.368 e. The molecule has 41 heavy (non-hydrogen) atoms. The number of piperidine rings is 1. The SMILES string of the molecule is C/C=C/C(=C\C(=C/C)c1ncc2[nH]nc(-c3nc4c(N5CCCCC5)cncc4[nH]3)c2c1F)CNCC1CCCC1. The molecule has 5 heterocycles. The van der Waals surface area contributed by atoms with Gasteiger partial charge in [0.25, 0.3) is 0 Å². The maximum atomic E-state index is 16.3. The molecule has 1 saturated carbocycles. The van der Waals surface area contributed by atoms with Crippen LogP contribution in [0.1, 0.15) is 64.5 Å². The fraction of sp³-hybridized carbons (Fsp3) is 0.438. The van der Waals surface area contributed by atoms with E-state index in [9.17, 15) is 0 Å². The van der Waals surface area contributed by atoms with Crippen LogP contribution in [-0.4, -0.2) is 56.3 Å². The smallest absolute Gasteiger partial charge is 0.161 e. The highest BCUT2D eigenvalue weighted by Gasteiger charge is 2.23. The minimum Gasteiger partial charge on any atom is -0.368 e. The van der Waals surface area contributed by atoms with Crippen molar-refractivity contribution in [3.05, 3.63) is 60.0 Å². The van der Waals surface area contributed by atoms with Gasteiger partial charge in [-0.1, -0.05) is 31.1 Å². The zero-order valence-electron chi connectivity index (χ0n) is 24.0. The molecule has 9 heteroatoms. The number of nitrogens with zero attached hydrogens (tertiary/aromatic N) is 5. The second-order valence-electron chi connectivity index (χ2n) is 11.2. The molecule has 0 aromatic carbocycles. The predicted octanol–water partition coefficient (Wildman–Crippen LogP) is 6.71. The van der Waals surface area contributed by atoms with Crippen molar-refractivity contribution in [2.24, 2.45) is 5.92 Å². The second-order valence-corrected chi connectivity index (χ2v) is 11.2. The van der Waals surface area contributed by atoms with Gasteiger partial charge >= 0.3 is 0 Å². The third kappa shape index (κ3) is 5.68. The summed E-state index contributed by atoms with van der Waals surface area (Å²) in [5, 5.41) is 11.4. The predicted molar refractivity (Wildman–Crippen MR) is 164 cm³/mol. The average Bonchev–Trinajstić information content (AvgIpc) is 3.76. The number of imidazole rings is 1. The molecule has 0 unspecified atom stereocenters. The molecule has 4 aromatic rings. The van der Waals surface area contributed by atoms with E-state index in [4.69, 9.17) is 4.98 Å². The second kappa shape index (κ2) is 12.3. The maximum absolute atomic E-state index is 16.3. The lowest BCUT2D eigenvalue weighted by atomic mass is 10.0. The summed E-state index contributed by atoms with van der Waals surface area (Å²) in [5.41, 5.74) is 5.73. The Kier molecular flexibility index (Phi) is 8.23. The molecular formula is C32H39FN8. The Hall–Kier alpha value is -3.85. The van der Waals surface area contributed by atoms with Gasteiger partial charge in [-0.3, -0.25) is 15.1 Å². The lowest BCUT2D eigenvalue weighted by Crippen LogP contribution is -2.29. The molecule has 1 aliphatic carbocycles. The molecule has 2 aliphatic rings. The minimum absolute atomic E-state index is 0.298. The number of pyridine rings is 2. The summed E-state index contributed by atoms with van der Waals surface area (Å²) in [7, 11) is 0. The van der Waals surface area contributed by atoms with Gasteiger partial charge in [-0.2, -0.15) is 5.10 Å². The van der Waals surface area contributed by atoms with E-state index in [0.717, 1.165) is 72.8 Å². The fourth-order valence-electron chi connectivity index (χ4n) is 6.24. The summed E-state index contributed by atoms with van der Waals surface area (Å²) < 4.78 is 16.3. The molecule has 1 saturated heterocycles. The number of halogens is 1. The molecule has 0 atom stereocenters. The monoisotopic (exact) mass is 554 g/mol. The van der Waals surface area contributed by atoms with Crippen molar-refractivity contribution in [2.45, 2.75) is 58.8 Å². The Bertz CT molecular complexity index is 1600. The molecule has 3 N–H and O–H groups in total. The van der Waals surface area contributed by atoms with Gasteiger partial charge in [-0.15, -0.1) is 0 Å². The first-order valence-corrected chi connectivity index (χ1v) is 15.0. The standard InChI is InChI=1S/C32H39FN8/c1-3-10-22(17-34-16-21-11-6-7-12-21)15-23(4-2)29-28(33)27-24(19-36-29)39-40-31(27)32-37-25-18-35-20-26(30(25)38-32)41-13-8-5-9-14-41/h3-4,10,15,18-21,34H,5-9,11-14,16-17H2,1-2H3,(H,37,38)(H,39,40)/b10-3+,22-15+,23-4+. The molecule has 0 spiro atoms. The van der Waals surface area contributed by atoms with E-state index in [0.29, 0.717) is 28.1 Å². The van der Waals surface area contributed by atoms with Crippen molar-refractivity contribution < 1.29 is 4.39 Å². The van der Waals surface area contributed by atoms with Crippen molar-refractivity contribution in [1.82, 2.24) is 35.5 Å². The Balaban J connectivity index is 1.33. The molecule has 2 fully saturated rings. The van der Waals surface area contributed by atoms with Crippen LogP contribution in [0.2, 0.25) is 0 Å². The number of fused-ring (bicyclic) bond motifs is 2. The van der Waals surface area contributed by atoms with Crippen molar-refractivity contribution in [1.29, 1.82) is 0 Å². The van der Waals surface area contributed by atoms with Gasteiger partial charge in [-0.05, 0) is 75.6 Å². The third-order valence-electron chi connectivity index (χ3n) is 8.38. The highest BCUT2D eigenvalue weighted by atomic mass is 19.1. The molecule has 6 rings (SSSR count). The van der Waals surface area contributed by atoms with Crippen LogP contribution in [0.5, 0.6) is 0 Å². The molecule has 0 radical (unpaired) electrons. The van der Waals surface area contributed by atoms with Crippen LogP contribution in [0.3, 0.4) is 0 Å². The summed E-state index contributed by atoms with van der Waals surface area (Å²) in [4.78, 5) is 19.5. The number of hydrogen-bond acceptors (Lipinski definition) is 6. The Morgan fingerprint density at radius 3 is 2.68 bits per heavy atom.